The van der Waals surface area contributed by atoms with Gasteiger partial charge in [0.2, 0.25) is 0 Å². The first-order chi connectivity index (χ1) is 1.73. The number of hydrogen-bond acceptors (Lipinski definition) is 0. The zero-order valence-corrected chi connectivity index (χ0v) is 21.5. The van der Waals surface area contributed by atoms with Gasteiger partial charge >= 0.3 is 0 Å². The van der Waals surface area contributed by atoms with Gasteiger partial charge in [0, 0.05) is 152 Å². The molecule has 0 spiro atoms. The third-order valence-corrected chi connectivity index (χ3v) is 0. The summed E-state index contributed by atoms with van der Waals surface area (Å²) in [6, 6.07) is 0. The molecule has 5 heteroatoms. The molecule has 0 bridgehead atoms. The predicted octanol–water partition coefficient (Wildman–Crippen LogP) is 2.06. The monoisotopic (exact) mass is 612 g/mol. The minimum Gasteiger partial charge on any atom is -0.358 e. The van der Waals surface area contributed by atoms with Crippen LogP contribution >= 0.6 is 0 Å². The summed E-state index contributed by atoms with van der Waals surface area (Å²) >= 11 is 0. The summed E-state index contributed by atoms with van der Waals surface area (Å²) in [6.45, 7) is 6.25. The van der Waals surface area contributed by atoms with E-state index in [9.17, 15) is 0 Å². The topological polar surface area (TPSA) is 0 Å². The molecule has 0 aliphatic carbocycles. The minimum absolute atomic E-state index is 0. The van der Waals surface area contributed by atoms with E-state index in [2.05, 4.69) is 20.8 Å². The van der Waals surface area contributed by atoms with E-state index in [1.54, 1.807) is 0 Å². The summed E-state index contributed by atoms with van der Waals surface area (Å²) in [5, 5.41) is 0. The SMILES string of the molecule is C[C-](C)C.[CH3-].[W].[Y].[Y].[Y].[Y]. The third-order valence-electron chi connectivity index (χ3n) is 0. The molecule has 0 rings (SSSR count). The Bertz CT molecular complexity index is 18.4. The van der Waals surface area contributed by atoms with Crippen molar-refractivity contribution in [3.63, 3.8) is 0 Å². The van der Waals surface area contributed by atoms with Gasteiger partial charge in [-0.3, -0.25) is 0 Å². The Morgan fingerprint density at radius 3 is 0.700 bits per heavy atom. The van der Waals surface area contributed by atoms with Gasteiger partial charge in [-0.2, -0.15) is 20.8 Å². The molecule has 0 saturated heterocycles. The van der Waals surface area contributed by atoms with Crippen LogP contribution in [0.15, 0.2) is 0 Å². The molecule has 0 unspecified atom stereocenters. The zero-order chi connectivity index (χ0) is 3.58. The second-order valence-electron chi connectivity index (χ2n) is 1.50. The molecule has 0 aromatic heterocycles. The normalized spacial score (nSPS) is 3.60. The van der Waals surface area contributed by atoms with Gasteiger partial charge in [0.05, 0.1) is 0 Å². The van der Waals surface area contributed by atoms with Crippen molar-refractivity contribution in [1.29, 1.82) is 0 Å². The molecular weight excluding hydrogens is 600 g/mol. The van der Waals surface area contributed by atoms with Crippen LogP contribution in [0.1, 0.15) is 20.8 Å². The zero-order valence-electron chi connectivity index (χ0n) is 7.22. The molecule has 52 valence electrons. The molecular formula is C5H12WY4-2. The van der Waals surface area contributed by atoms with Crippen molar-refractivity contribution >= 4 is 0 Å². The first-order valence-electron chi connectivity index (χ1n) is 1.50. The van der Waals surface area contributed by atoms with Crippen LogP contribution in [-0.4, -0.2) is 0 Å². The molecule has 0 aromatic rings. The van der Waals surface area contributed by atoms with Crippen LogP contribution in [0.4, 0.5) is 0 Å². The van der Waals surface area contributed by atoms with E-state index in [0.717, 1.165) is 0 Å². The predicted molar refractivity (Wildman–Crippen MR) is 26.7 cm³/mol. The van der Waals surface area contributed by atoms with Gasteiger partial charge in [-0.05, 0) is 0 Å². The van der Waals surface area contributed by atoms with E-state index < -0.39 is 0 Å². The smallest absolute Gasteiger partial charge is 0 e. The summed E-state index contributed by atoms with van der Waals surface area (Å²) in [5.74, 6) is 1.42. The second kappa shape index (κ2) is 36.9. The van der Waals surface area contributed by atoms with Crippen LogP contribution < -0.4 is 0 Å². The maximum atomic E-state index is 2.08. The third kappa shape index (κ3) is 73.7. The summed E-state index contributed by atoms with van der Waals surface area (Å²) in [6.07, 6.45) is 0. The Morgan fingerprint density at radius 1 is 0.700 bits per heavy atom. The van der Waals surface area contributed by atoms with Crippen molar-refractivity contribution in [2.75, 3.05) is 0 Å². The molecule has 0 saturated carbocycles. The van der Waals surface area contributed by atoms with E-state index in [1.165, 1.54) is 5.92 Å². The Labute approximate surface area is 181 Å². The van der Waals surface area contributed by atoms with Crippen LogP contribution in [0.25, 0.3) is 0 Å². The van der Waals surface area contributed by atoms with E-state index in [1.807, 2.05) is 0 Å². The van der Waals surface area contributed by atoms with Crippen molar-refractivity contribution in [2.45, 2.75) is 20.8 Å². The largest absolute Gasteiger partial charge is 0.358 e. The Hall–Kier alpha value is 5.10. The van der Waals surface area contributed by atoms with E-state index in [4.69, 9.17) is 0 Å². The van der Waals surface area contributed by atoms with Gasteiger partial charge in [-0.1, -0.05) is 0 Å². The Morgan fingerprint density at radius 2 is 0.700 bits per heavy atom. The molecule has 0 heterocycles. The van der Waals surface area contributed by atoms with Gasteiger partial charge in [0.25, 0.3) is 0 Å². The second-order valence-corrected chi connectivity index (χ2v) is 1.50. The molecule has 0 atom stereocenters. The minimum atomic E-state index is 0. The molecule has 0 aliphatic rings. The molecule has 0 fully saturated rings. The Kier molecular flexibility index (Phi) is 169. The molecule has 10 heavy (non-hydrogen) atoms. The standard InChI is InChI=1S/C4H9.CH3.W.4Y/c1-4(2)3;;;;;;/h1-3H3;1H3;;;;;/q2*-1;;;;;. The fourth-order valence-electron chi connectivity index (χ4n) is 0. The van der Waals surface area contributed by atoms with Crippen molar-refractivity contribution < 1.29 is 152 Å². The molecule has 0 nitrogen and oxygen atoms in total. The molecule has 4 radical (unpaired) electrons. The molecule has 0 aromatic carbocycles. The van der Waals surface area contributed by atoms with Crippen LogP contribution in [0.2, 0.25) is 0 Å². The molecule has 0 N–H and O–H groups in total. The summed E-state index contributed by atoms with van der Waals surface area (Å²) in [7, 11) is 0. The quantitative estimate of drug-likeness (QED) is 0.369. The van der Waals surface area contributed by atoms with Gasteiger partial charge in [-0.15, -0.1) is 0 Å². The van der Waals surface area contributed by atoms with Gasteiger partial charge < -0.3 is 13.3 Å². The van der Waals surface area contributed by atoms with Crippen LogP contribution in [0.3, 0.4) is 0 Å². The maximum Gasteiger partial charge on any atom is 0 e. The van der Waals surface area contributed by atoms with E-state index >= 15 is 0 Å². The maximum absolute atomic E-state index is 2.08. The average molecular weight is 612 g/mol. The van der Waals surface area contributed by atoms with Crippen molar-refractivity contribution in [3.8, 4) is 0 Å². The van der Waals surface area contributed by atoms with E-state index in [0.29, 0.717) is 0 Å². The van der Waals surface area contributed by atoms with Crippen molar-refractivity contribution in [1.82, 2.24) is 0 Å². The Balaban J connectivity index is -0.00000000300. The van der Waals surface area contributed by atoms with Crippen molar-refractivity contribution in [2.24, 2.45) is 0 Å². The van der Waals surface area contributed by atoms with E-state index in [-0.39, 0.29) is 159 Å². The summed E-state index contributed by atoms with van der Waals surface area (Å²) in [5.41, 5.74) is 0. The van der Waals surface area contributed by atoms with Gasteiger partial charge in [0.15, 0.2) is 0 Å². The fourth-order valence-corrected chi connectivity index (χ4v) is 0. The van der Waals surface area contributed by atoms with Crippen LogP contribution in [0.5, 0.6) is 0 Å². The first-order valence-corrected chi connectivity index (χ1v) is 1.50. The molecule has 0 amide bonds. The number of rotatable bonds is 0. The van der Waals surface area contributed by atoms with Crippen molar-refractivity contribution in [3.05, 3.63) is 13.3 Å². The van der Waals surface area contributed by atoms with Crippen LogP contribution in [0, 0.1) is 13.3 Å². The first kappa shape index (κ1) is 45.7. The van der Waals surface area contributed by atoms with Gasteiger partial charge in [-0.25, -0.2) is 0 Å². The van der Waals surface area contributed by atoms with Gasteiger partial charge in [0.1, 0.15) is 0 Å². The van der Waals surface area contributed by atoms with Crippen LogP contribution in [-0.2, 0) is 152 Å². The fraction of sp³-hybridized carbons (Fsp3) is 0.600. The molecule has 0 aliphatic heterocycles. The number of hydrogen-bond donors (Lipinski definition) is 0. The average Bonchev–Trinajstić information content (AvgIpc) is 0.811. The summed E-state index contributed by atoms with van der Waals surface area (Å²) in [4.78, 5) is 0. The summed E-state index contributed by atoms with van der Waals surface area (Å²) < 4.78 is 0.